The van der Waals surface area contributed by atoms with Crippen LogP contribution in [0, 0.1) is 0 Å². The van der Waals surface area contributed by atoms with E-state index in [1.165, 1.54) is 108 Å². The van der Waals surface area contributed by atoms with Crippen molar-refractivity contribution in [2.24, 2.45) is 0 Å². The van der Waals surface area contributed by atoms with E-state index in [9.17, 15) is 0 Å². The SMILES string of the molecule is c1ccc(-n2c3ccccc3c3ccccc32)c(N(c2ccc(-c3cccc4ccccc34)cc2)c2cc3ccc4cccc5c6cccc7ccc8cccc(c(c2)c3c45)c8c76)c1. The molecule has 1 aromatic heterocycles. The van der Waals surface area contributed by atoms with Crippen LogP contribution in [0.25, 0.3) is 114 Å². The van der Waals surface area contributed by atoms with Gasteiger partial charge in [-0.3, -0.25) is 0 Å². The molecule has 0 aliphatic carbocycles. The Kier molecular flexibility index (Phi) is 7.43. The van der Waals surface area contributed by atoms with Gasteiger partial charge in [0.25, 0.3) is 0 Å². The number of fused-ring (bicyclic) bond motifs is 6. The van der Waals surface area contributed by atoms with E-state index in [1.54, 1.807) is 0 Å². The van der Waals surface area contributed by atoms with E-state index in [0.717, 1.165) is 22.7 Å². The van der Waals surface area contributed by atoms with Crippen molar-refractivity contribution in [1.82, 2.24) is 4.57 Å². The highest BCUT2D eigenvalue weighted by Gasteiger charge is 2.23. The molecular weight excluding hydrogens is 773 g/mol. The minimum absolute atomic E-state index is 1.08. The summed E-state index contributed by atoms with van der Waals surface area (Å²) in [5.74, 6) is 0. The summed E-state index contributed by atoms with van der Waals surface area (Å²) in [4.78, 5) is 2.49. The van der Waals surface area contributed by atoms with Crippen LogP contribution in [0.3, 0.4) is 0 Å². The van der Waals surface area contributed by atoms with Crippen molar-refractivity contribution < 1.29 is 0 Å². The highest BCUT2D eigenvalue weighted by atomic mass is 15.2. The maximum absolute atomic E-state index is 2.49. The Bertz CT molecular complexity index is 4130. The van der Waals surface area contributed by atoms with Gasteiger partial charge in [-0.2, -0.15) is 0 Å². The van der Waals surface area contributed by atoms with Gasteiger partial charge < -0.3 is 9.47 Å². The number of benzene rings is 12. The Hall–Kier alpha value is -8.46. The molecule has 0 spiro atoms. The first-order valence-corrected chi connectivity index (χ1v) is 22.2. The standard InChI is InChI=1S/C62H38N2/c1-2-18-47-39(13-1)14-9-21-48(47)40-33-35-45(36-34-40)63(57-27-7-8-28-58(57)64-55-25-5-3-19-49(55)50-20-4-6-26-56(50)64)46-37-44-32-31-43-16-11-23-52-51-22-10-15-41-29-30-42-17-12-24-53(61(42)59(41)51)54(38-46)62(44)60(43)52/h1-38H. The average molecular weight is 811 g/mol. The zero-order valence-corrected chi connectivity index (χ0v) is 34.8. The molecule has 0 atom stereocenters. The fourth-order valence-electron chi connectivity index (χ4n) is 11.1. The van der Waals surface area contributed by atoms with Gasteiger partial charge in [0, 0.05) is 22.1 Å². The van der Waals surface area contributed by atoms with E-state index in [0.29, 0.717) is 0 Å². The van der Waals surface area contributed by atoms with Crippen LogP contribution in [0.2, 0.25) is 0 Å². The van der Waals surface area contributed by atoms with Crippen LogP contribution in [0.1, 0.15) is 0 Å². The molecule has 2 heteroatoms. The van der Waals surface area contributed by atoms with Gasteiger partial charge in [0.05, 0.1) is 22.4 Å². The number of rotatable bonds is 5. The first-order valence-electron chi connectivity index (χ1n) is 22.2. The molecule has 1 heterocycles. The first kappa shape index (κ1) is 35.2. The van der Waals surface area contributed by atoms with Gasteiger partial charge in [0.2, 0.25) is 0 Å². The van der Waals surface area contributed by atoms with Crippen molar-refractivity contribution in [3.05, 3.63) is 231 Å². The van der Waals surface area contributed by atoms with Crippen LogP contribution < -0.4 is 4.90 Å². The van der Waals surface area contributed by atoms with E-state index < -0.39 is 0 Å². The van der Waals surface area contributed by atoms with Crippen molar-refractivity contribution in [1.29, 1.82) is 0 Å². The Labute approximate surface area is 369 Å². The maximum atomic E-state index is 2.49. The average Bonchev–Trinajstić information content (AvgIpc) is 3.69. The van der Waals surface area contributed by atoms with Crippen LogP contribution in [0.5, 0.6) is 0 Å². The Balaban J connectivity index is 1.11. The first-order chi connectivity index (χ1) is 31.8. The van der Waals surface area contributed by atoms with Crippen molar-refractivity contribution in [3.63, 3.8) is 0 Å². The molecule has 0 fully saturated rings. The number of para-hydroxylation sites is 4. The summed E-state index contributed by atoms with van der Waals surface area (Å²) in [6.07, 6.45) is 0. The normalized spacial score (nSPS) is 12.1. The fourth-order valence-corrected chi connectivity index (χ4v) is 11.1. The molecule has 0 saturated carbocycles. The number of aromatic nitrogens is 1. The fraction of sp³-hybridized carbons (Fsp3) is 0. The highest BCUT2D eigenvalue weighted by molar-refractivity contribution is 6.37. The van der Waals surface area contributed by atoms with Crippen LogP contribution in [-0.4, -0.2) is 4.57 Å². The third-order valence-electron chi connectivity index (χ3n) is 13.8. The smallest absolute Gasteiger partial charge is 0.0702 e. The van der Waals surface area contributed by atoms with Crippen molar-refractivity contribution in [2.75, 3.05) is 4.90 Å². The molecule has 0 radical (unpaired) electrons. The Morgan fingerprint density at radius 1 is 0.281 bits per heavy atom. The second-order valence-corrected chi connectivity index (χ2v) is 17.2. The van der Waals surface area contributed by atoms with Crippen molar-refractivity contribution in [3.8, 4) is 16.8 Å². The third-order valence-corrected chi connectivity index (χ3v) is 13.8. The van der Waals surface area contributed by atoms with Gasteiger partial charge in [-0.25, -0.2) is 0 Å². The lowest BCUT2D eigenvalue weighted by atomic mass is 9.87. The predicted molar refractivity (Wildman–Crippen MR) is 275 cm³/mol. The van der Waals surface area contributed by atoms with Gasteiger partial charge in [-0.15, -0.1) is 0 Å². The molecule has 0 aliphatic rings. The molecule has 0 bridgehead atoms. The highest BCUT2D eigenvalue weighted by Crippen LogP contribution is 2.48. The van der Waals surface area contributed by atoms with Crippen molar-refractivity contribution in [2.45, 2.75) is 0 Å². The van der Waals surface area contributed by atoms with Gasteiger partial charge >= 0.3 is 0 Å². The molecule has 14 rings (SSSR count). The summed E-state index contributed by atoms with van der Waals surface area (Å²) >= 11 is 0. The van der Waals surface area contributed by atoms with Gasteiger partial charge in [-0.05, 0) is 135 Å². The molecular formula is C62H38N2. The molecule has 0 N–H and O–H groups in total. The minimum Gasteiger partial charge on any atom is -0.308 e. The lowest BCUT2D eigenvalue weighted by molar-refractivity contribution is 1.15. The molecule has 296 valence electrons. The van der Waals surface area contributed by atoms with Crippen LogP contribution in [0.4, 0.5) is 17.1 Å². The van der Waals surface area contributed by atoms with E-state index in [4.69, 9.17) is 0 Å². The molecule has 2 nitrogen and oxygen atoms in total. The summed E-state index contributed by atoms with van der Waals surface area (Å²) < 4.78 is 2.45. The predicted octanol–water partition coefficient (Wildman–Crippen LogP) is 17.4. The van der Waals surface area contributed by atoms with E-state index in [1.807, 2.05) is 0 Å². The van der Waals surface area contributed by atoms with Crippen molar-refractivity contribution >= 4 is 114 Å². The van der Waals surface area contributed by atoms with Crippen LogP contribution >= 0.6 is 0 Å². The molecule has 0 aliphatic heterocycles. The number of anilines is 3. The molecule has 64 heavy (non-hydrogen) atoms. The van der Waals surface area contributed by atoms with E-state index in [2.05, 4.69) is 240 Å². The van der Waals surface area contributed by atoms with E-state index >= 15 is 0 Å². The van der Waals surface area contributed by atoms with Gasteiger partial charge in [0.1, 0.15) is 0 Å². The lowest BCUT2D eigenvalue weighted by Crippen LogP contribution is -2.13. The second-order valence-electron chi connectivity index (χ2n) is 17.2. The maximum Gasteiger partial charge on any atom is 0.0702 e. The minimum atomic E-state index is 1.08. The summed E-state index contributed by atoms with van der Waals surface area (Å²) in [5, 5.41) is 20.2. The zero-order chi connectivity index (χ0) is 41.9. The van der Waals surface area contributed by atoms with Gasteiger partial charge in [0.15, 0.2) is 0 Å². The summed E-state index contributed by atoms with van der Waals surface area (Å²) in [7, 11) is 0. The quantitative estimate of drug-likeness (QED) is 0.157. The number of hydrogen-bond donors (Lipinski definition) is 0. The number of nitrogens with zero attached hydrogens (tertiary/aromatic N) is 2. The summed E-state index contributed by atoms with van der Waals surface area (Å²) in [6, 6.07) is 85.7. The Morgan fingerprint density at radius 3 is 1.41 bits per heavy atom. The lowest BCUT2D eigenvalue weighted by Gasteiger charge is -2.29. The largest absolute Gasteiger partial charge is 0.308 e. The Morgan fingerprint density at radius 2 is 0.750 bits per heavy atom. The zero-order valence-electron chi connectivity index (χ0n) is 34.8. The summed E-state index contributed by atoms with van der Waals surface area (Å²) in [6.45, 7) is 0. The molecule has 13 aromatic carbocycles. The monoisotopic (exact) mass is 810 g/mol. The topological polar surface area (TPSA) is 8.17 Å². The molecule has 0 unspecified atom stereocenters. The molecule has 14 aromatic rings. The molecule has 0 amide bonds. The second kappa shape index (κ2) is 13.5. The summed E-state index contributed by atoms with van der Waals surface area (Å²) in [5.41, 5.74) is 9.18. The van der Waals surface area contributed by atoms with E-state index in [-0.39, 0.29) is 0 Å². The van der Waals surface area contributed by atoms with Gasteiger partial charge in [-0.1, -0.05) is 182 Å². The number of hydrogen-bond acceptors (Lipinski definition) is 1. The van der Waals surface area contributed by atoms with Crippen LogP contribution in [0.15, 0.2) is 231 Å². The van der Waals surface area contributed by atoms with Crippen LogP contribution in [-0.2, 0) is 0 Å². The third kappa shape index (κ3) is 5.02. The molecule has 0 saturated heterocycles.